The van der Waals surface area contributed by atoms with Crippen molar-refractivity contribution in [2.45, 2.75) is 0 Å². The summed E-state index contributed by atoms with van der Waals surface area (Å²) >= 11 is 0. The van der Waals surface area contributed by atoms with Crippen molar-refractivity contribution in [3.8, 4) is 0 Å². The molecule has 0 radical (unpaired) electrons. The summed E-state index contributed by atoms with van der Waals surface area (Å²) in [6, 6.07) is 52.7. The van der Waals surface area contributed by atoms with Crippen LogP contribution in [0.15, 0.2) is 146 Å². The van der Waals surface area contributed by atoms with Gasteiger partial charge in [0.25, 0.3) is 0 Å². The van der Waals surface area contributed by atoms with E-state index in [1.165, 1.54) is 76.1 Å². The molecule has 42 heavy (non-hydrogen) atoms. The minimum absolute atomic E-state index is 1.20. The molecule has 0 N–H and O–H groups in total. The summed E-state index contributed by atoms with van der Waals surface area (Å²) in [5.41, 5.74) is 4.81. The van der Waals surface area contributed by atoms with Crippen molar-refractivity contribution in [3.63, 3.8) is 0 Å². The zero-order chi connectivity index (χ0) is 27.9. The van der Waals surface area contributed by atoms with Crippen molar-refractivity contribution in [1.82, 2.24) is 0 Å². The standard InChI is InChI=1S/C42H28/c1-3-11-29(12-4-1)19-21-31-23-25-35-36-26-24-32(22-20-30-13-5-2-6-14-30)28-40(36)42-38-18-10-8-16-34(38)33-15-7-9-17-37(33)41(42)39(35)27-31/h1-28H/b21-19+,22-20+. The second-order valence-corrected chi connectivity index (χ2v) is 10.9. The second kappa shape index (κ2) is 10.2. The topological polar surface area (TPSA) is 0 Å². The Labute approximate surface area is 245 Å². The van der Waals surface area contributed by atoms with Crippen molar-refractivity contribution in [3.05, 3.63) is 168 Å². The maximum atomic E-state index is 2.38. The fourth-order valence-corrected chi connectivity index (χ4v) is 6.43. The highest BCUT2D eigenvalue weighted by atomic mass is 14.2. The van der Waals surface area contributed by atoms with E-state index >= 15 is 0 Å². The molecule has 0 heterocycles. The van der Waals surface area contributed by atoms with E-state index in [1.54, 1.807) is 0 Å². The van der Waals surface area contributed by atoms with E-state index in [4.69, 9.17) is 0 Å². The van der Waals surface area contributed by atoms with Crippen LogP contribution >= 0.6 is 0 Å². The Morgan fingerprint density at radius 1 is 0.238 bits per heavy atom. The van der Waals surface area contributed by atoms with Gasteiger partial charge in [-0.25, -0.2) is 0 Å². The van der Waals surface area contributed by atoms with Crippen LogP contribution in [0.4, 0.5) is 0 Å². The molecule has 0 heteroatoms. The Balaban J connectivity index is 1.47. The predicted octanol–water partition coefficient (Wildman–Crippen LogP) is 11.8. The maximum Gasteiger partial charge on any atom is -0.00137 e. The van der Waals surface area contributed by atoms with Crippen LogP contribution in [0.5, 0.6) is 0 Å². The van der Waals surface area contributed by atoms with Gasteiger partial charge in [-0.05, 0) is 88.2 Å². The van der Waals surface area contributed by atoms with Crippen LogP contribution in [0.2, 0.25) is 0 Å². The molecule has 0 fully saturated rings. The van der Waals surface area contributed by atoms with Crippen molar-refractivity contribution < 1.29 is 0 Å². The lowest BCUT2D eigenvalue weighted by atomic mass is 9.86. The third kappa shape index (κ3) is 4.17. The summed E-state index contributed by atoms with van der Waals surface area (Å²) in [6.07, 6.45) is 8.85. The molecular weight excluding hydrogens is 504 g/mol. The zero-order valence-electron chi connectivity index (χ0n) is 23.2. The second-order valence-electron chi connectivity index (χ2n) is 10.9. The van der Waals surface area contributed by atoms with Crippen molar-refractivity contribution in [1.29, 1.82) is 0 Å². The molecule has 0 saturated heterocycles. The Kier molecular flexibility index (Phi) is 5.90. The van der Waals surface area contributed by atoms with Crippen LogP contribution in [0.1, 0.15) is 22.3 Å². The van der Waals surface area contributed by atoms with Crippen LogP contribution in [-0.2, 0) is 0 Å². The van der Waals surface area contributed by atoms with Crippen molar-refractivity contribution >= 4 is 78.2 Å². The van der Waals surface area contributed by atoms with Crippen LogP contribution in [0.3, 0.4) is 0 Å². The van der Waals surface area contributed by atoms with E-state index in [2.05, 4.69) is 170 Å². The summed E-state index contributed by atoms with van der Waals surface area (Å²) in [6.45, 7) is 0. The average molecular weight is 533 g/mol. The van der Waals surface area contributed by atoms with Gasteiger partial charge >= 0.3 is 0 Å². The highest BCUT2D eigenvalue weighted by Crippen LogP contribution is 2.44. The average Bonchev–Trinajstić information content (AvgIpc) is 3.07. The predicted molar refractivity (Wildman–Crippen MR) is 185 cm³/mol. The van der Waals surface area contributed by atoms with E-state index in [9.17, 15) is 0 Å². The first-order valence-electron chi connectivity index (χ1n) is 14.5. The maximum absolute atomic E-state index is 2.38. The van der Waals surface area contributed by atoms with E-state index in [-0.39, 0.29) is 0 Å². The lowest BCUT2D eigenvalue weighted by Gasteiger charge is -2.17. The molecule has 8 aromatic rings. The quantitative estimate of drug-likeness (QED) is 0.156. The first kappa shape index (κ1) is 24.3. The molecule has 0 atom stereocenters. The van der Waals surface area contributed by atoms with Gasteiger partial charge < -0.3 is 0 Å². The van der Waals surface area contributed by atoms with Gasteiger partial charge in [0.1, 0.15) is 0 Å². The number of benzene rings is 8. The molecule has 0 aliphatic rings. The van der Waals surface area contributed by atoms with Gasteiger partial charge in [0.2, 0.25) is 0 Å². The molecule has 0 aliphatic heterocycles. The molecular formula is C42H28. The Bertz CT molecular complexity index is 2150. The first-order chi connectivity index (χ1) is 20.8. The molecule has 0 aromatic heterocycles. The molecule has 0 nitrogen and oxygen atoms in total. The van der Waals surface area contributed by atoms with E-state index in [1.807, 2.05) is 0 Å². The van der Waals surface area contributed by atoms with E-state index < -0.39 is 0 Å². The van der Waals surface area contributed by atoms with Gasteiger partial charge in [0.05, 0.1) is 0 Å². The van der Waals surface area contributed by atoms with Gasteiger partial charge in [-0.15, -0.1) is 0 Å². The number of hydrogen-bond acceptors (Lipinski definition) is 0. The number of rotatable bonds is 4. The Hall–Kier alpha value is -5.46. The van der Waals surface area contributed by atoms with Gasteiger partial charge in [-0.2, -0.15) is 0 Å². The molecule has 0 bridgehead atoms. The fraction of sp³-hybridized carbons (Fsp3) is 0. The molecule has 8 rings (SSSR count). The summed E-state index contributed by atoms with van der Waals surface area (Å²) in [5, 5.41) is 13.0. The molecule has 196 valence electrons. The minimum atomic E-state index is 1.20. The molecule has 0 aliphatic carbocycles. The largest absolute Gasteiger partial charge is 0.0622 e. The minimum Gasteiger partial charge on any atom is -0.0622 e. The van der Waals surface area contributed by atoms with E-state index in [0.717, 1.165) is 0 Å². The lowest BCUT2D eigenvalue weighted by Crippen LogP contribution is -1.89. The van der Waals surface area contributed by atoms with Crippen LogP contribution in [0, 0.1) is 0 Å². The monoisotopic (exact) mass is 532 g/mol. The number of fused-ring (bicyclic) bond motifs is 11. The van der Waals surface area contributed by atoms with Crippen LogP contribution in [0.25, 0.3) is 78.2 Å². The SMILES string of the molecule is C(=C\c1ccc2c3ccc(/C=C/c4ccccc4)cc3c3c4ccccc4c4ccccc4c3c2c1)/c1ccccc1. The smallest absolute Gasteiger partial charge is 0.00137 e. The lowest BCUT2D eigenvalue weighted by molar-refractivity contribution is 1.66. The van der Waals surface area contributed by atoms with Crippen molar-refractivity contribution in [2.24, 2.45) is 0 Å². The molecule has 0 spiro atoms. The van der Waals surface area contributed by atoms with Crippen molar-refractivity contribution in [2.75, 3.05) is 0 Å². The van der Waals surface area contributed by atoms with Crippen LogP contribution in [-0.4, -0.2) is 0 Å². The molecule has 0 saturated carbocycles. The van der Waals surface area contributed by atoms with Gasteiger partial charge in [0, 0.05) is 0 Å². The van der Waals surface area contributed by atoms with Gasteiger partial charge in [0.15, 0.2) is 0 Å². The fourth-order valence-electron chi connectivity index (χ4n) is 6.43. The van der Waals surface area contributed by atoms with Crippen LogP contribution < -0.4 is 0 Å². The molecule has 0 unspecified atom stereocenters. The highest BCUT2D eigenvalue weighted by molar-refractivity contribution is 6.39. The summed E-state index contributed by atoms with van der Waals surface area (Å²) in [4.78, 5) is 0. The summed E-state index contributed by atoms with van der Waals surface area (Å²) in [7, 11) is 0. The number of hydrogen-bond donors (Lipinski definition) is 0. The Morgan fingerprint density at radius 2 is 0.571 bits per heavy atom. The highest BCUT2D eigenvalue weighted by Gasteiger charge is 2.16. The zero-order valence-corrected chi connectivity index (χ0v) is 23.2. The molecule has 8 aromatic carbocycles. The summed E-state index contributed by atoms with van der Waals surface area (Å²) in [5.74, 6) is 0. The third-order valence-electron chi connectivity index (χ3n) is 8.38. The normalized spacial score (nSPS) is 12.1. The Morgan fingerprint density at radius 3 is 1.00 bits per heavy atom. The van der Waals surface area contributed by atoms with Gasteiger partial charge in [-0.3, -0.25) is 0 Å². The first-order valence-corrected chi connectivity index (χ1v) is 14.5. The summed E-state index contributed by atoms with van der Waals surface area (Å²) < 4.78 is 0. The molecule has 0 amide bonds. The third-order valence-corrected chi connectivity index (χ3v) is 8.38. The van der Waals surface area contributed by atoms with E-state index in [0.29, 0.717) is 0 Å². The van der Waals surface area contributed by atoms with Gasteiger partial charge in [-0.1, -0.05) is 158 Å².